The first kappa shape index (κ1) is 17.0. The van der Waals surface area contributed by atoms with Crippen LogP contribution in [-0.2, 0) is 4.79 Å². The smallest absolute Gasteiger partial charge is 0.234 e. The van der Waals surface area contributed by atoms with E-state index in [9.17, 15) is 4.79 Å². The third-order valence-electron chi connectivity index (χ3n) is 5.44. The Morgan fingerprint density at radius 1 is 1.19 bits per heavy atom. The summed E-state index contributed by atoms with van der Waals surface area (Å²) >= 11 is 0. The van der Waals surface area contributed by atoms with Crippen LogP contribution in [0, 0.1) is 5.41 Å². The fraction of sp³-hybridized carbons (Fsp3) is 0.938. The molecule has 2 heterocycles. The Kier molecular flexibility index (Phi) is 6.33. The minimum Gasteiger partial charge on any atom is -0.352 e. The Morgan fingerprint density at radius 3 is 2.62 bits per heavy atom. The van der Waals surface area contributed by atoms with Crippen molar-refractivity contribution in [2.75, 3.05) is 32.7 Å². The van der Waals surface area contributed by atoms with Crippen molar-refractivity contribution in [1.29, 1.82) is 0 Å². The molecule has 21 heavy (non-hydrogen) atoms. The molecule has 122 valence electrons. The minimum atomic E-state index is 0. The number of likely N-dealkylation sites (tertiary alicyclic amines) is 1. The molecule has 2 saturated heterocycles. The zero-order valence-corrected chi connectivity index (χ0v) is 13.8. The Hall–Kier alpha value is -0.320. The van der Waals surface area contributed by atoms with Crippen molar-refractivity contribution in [2.45, 2.75) is 57.4 Å². The Balaban J connectivity index is 0.00000161. The first-order valence-electron chi connectivity index (χ1n) is 8.48. The van der Waals surface area contributed by atoms with Gasteiger partial charge in [-0.3, -0.25) is 9.69 Å². The zero-order valence-electron chi connectivity index (χ0n) is 13.0. The molecule has 3 fully saturated rings. The molecule has 2 N–H and O–H groups in total. The summed E-state index contributed by atoms with van der Waals surface area (Å²) in [6, 6.07) is 0.440. The van der Waals surface area contributed by atoms with Gasteiger partial charge in [0, 0.05) is 19.1 Å². The number of rotatable bonds is 3. The highest BCUT2D eigenvalue weighted by molar-refractivity contribution is 5.85. The zero-order chi connectivity index (χ0) is 13.8. The predicted octanol–water partition coefficient (Wildman–Crippen LogP) is 1.93. The van der Waals surface area contributed by atoms with E-state index in [4.69, 9.17) is 0 Å². The van der Waals surface area contributed by atoms with Crippen molar-refractivity contribution < 1.29 is 4.79 Å². The molecule has 0 bridgehead atoms. The van der Waals surface area contributed by atoms with E-state index in [1.54, 1.807) is 0 Å². The standard InChI is InChI=1S/C16H29N3O.ClH/c20-15(18-14-5-3-1-2-4-6-14)11-19-10-8-16(13-19)7-9-17-12-16;/h14,17H,1-13H2,(H,18,20);1H. The lowest BCUT2D eigenvalue weighted by Crippen LogP contribution is -2.42. The van der Waals surface area contributed by atoms with E-state index in [1.165, 1.54) is 51.4 Å². The number of halogens is 1. The molecule has 2 aliphatic heterocycles. The predicted molar refractivity (Wildman–Crippen MR) is 87.9 cm³/mol. The number of nitrogens with zero attached hydrogens (tertiary/aromatic N) is 1. The molecule has 1 spiro atoms. The Labute approximate surface area is 134 Å². The van der Waals surface area contributed by atoms with E-state index in [-0.39, 0.29) is 18.3 Å². The third kappa shape index (κ3) is 4.57. The third-order valence-corrected chi connectivity index (χ3v) is 5.44. The number of hydrogen-bond donors (Lipinski definition) is 2. The molecule has 0 aromatic heterocycles. The summed E-state index contributed by atoms with van der Waals surface area (Å²) < 4.78 is 0. The second kappa shape index (κ2) is 7.80. The highest BCUT2D eigenvalue weighted by Crippen LogP contribution is 2.35. The second-order valence-electron chi connectivity index (χ2n) is 7.14. The first-order valence-corrected chi connectivity index (χ1v) is 8.48. The molecular formula is C16H30ClN3O. The van der Waals surface area contributed by atoms with Gasteiger partial charge in [0.1, 0.15) is 0 Å². The van der Waals surface area contributed by atoms with Gasteiger partial charge in [-0.15, -0.1) is 12.4 Å². The molecule has 1 aliphatic carbocycles. The average Bonchev–Trinajstić information content (AvgIpc) is 2.96. The van der Waals surface area contributed by atoms with Gasteiger partial charge in [0.2, 0.25) is 5.91 Å². The molecule has 3 rings (SSSR count). The summed E-state index contributed by atoms with van der Waals surface area (Å²) in [5.74, 6) is 0.250. The molecule has 0 aromatic rings. The fourth-order valence-electron chi connectivity index (χ4n) is 4.21. The van der Waals surface area contributed by atoms with Crippen LogP contribution in [0.1, 0.15) is 51.4 Å². The normalized spacial score (nSPS) is 31.0. The van der Waals surface area contributed by atoms with Crippen LogP contribution in [0.5, 0.6) is 0 Å². The van der Waals surface area contributed by atoms with E-state index in [2.05, 4.69) is 15.5 Å². The van der Waals surface area contributed by atoms with Gasteiger partial charge in [-0.05, 0) is 44.2 Å². The van der Waals surface area contributed by atoms with Gasteiger partial charge in [0.05, 0.1) is 6.54 Å². The Morgan fingerprint density at radius 2 is 1.95 bits per heavy atom. The summed E-state index contributed by atoms with van der Waals surface area (Å²) in [6.45, 7) is 5.12. The summed E-state index contributed by atoms with van der Waals surface area (Å²) in [6.07, 6.45) is 10.2. The lowest BCUT2D eigenvalue weighted by Gasteiger charge is -2.23. The average molecular weight is 316 g/mol. The van der Waals surface area contributed by atoms with Gasteiger partial charge >= 0.3 is 0 Å². The van der Waals surface area contributed by atoms with Crippen LogP contribution in [-0.4, -0.2) is 49.6 Å². The number of nitrogens with one attached hydrogen (secondary N) is 2. The van der Waals surface area contributed by atoms with Gasteiger partial charge in [-0.2, -0.15) is 0 Å². The van der Waals surface area contributed by atoms with Crippen LogP contribution in [0.3, 0.4) is 0 Å². The van der Waals surface area contributed by atoms with Crippen molar-refractivity contribution in [3.05, 3.63) is 0 Å². The topological polar surface area (TPSA) is 44.4 Å². The lowest BCUT2D eigenvalue weighted by molar-refractivity contribution is -0.122. The molecule has 0 radical (unpaired) electrons. The molecule has 0 aromatic carbocycles. The molecule has 1 unspecified atom stereocenters. The number of hydrogen-bond acceptors (Lipinski definition) is 3. The molecular weight excluding hydrogens is 286 g/mol. The SMILES string of the molecule is Cl.O=C(CN1CCC2(CCNC2)C1)NC1CCCCCC1. The summed E-state index contributed by atoms with van der Waals surface area (Å²) in [7, 11) is 0. The lowest BCUT2D eigenvalue weighted by atomic mass is 9.87. The highest BCUT2D eigenvalue weighted by Gasteiger charge is 2.40. The molecule has 5 heteroatoms. The second-order valence-corrected chi connectivity index (χ2v) is 7.14. The fourth-order valence-corrected chi connectivity index (χ4v) is 4.21. The van der Waals surface area contributed by atoms with E-state index in [0.29, 0.717) is 18.0 Å². The Bertz CT molecular complexity index is 336. The van der Waals surface area contributed by atoms with Crippen LogP contribution in [0.2, 0.25) is 0 Å². The van der Waals surface area contributed by atoms with Crippen LogP contribution in [0.4, 0.5) is 0 Å². The van der Waals surface area contributed by atoms with Crippen molar-refractivity contribution in [3.63, 3.8) is 0 Å². The minimum absolute atomic E-state index is 0. The molecule has 3 aliphatic rings. The van der Waals surface area contributed by atoms with Crippen molar-refractivity contribution in [1.82, 2.24) is 15.5 Å². The monoisotopic (exact) mass is 315 g/mol. The summed E-state index contributed by atoms with van der Waals surface area (Å²) in [5, 5.41) is 6.74. The van der Waals surface area contributed by atoms with Crippen LogP contribution < -0.4 is 10.6 Å². The van der Waals surface area contributed by atoms with Gasteiger partial charge in [0.25, 0.3) is 0 Å². The van der Waals surface area contributed by atoms with E-state index >= 15 is 0 Å². The van der Waals surface area contributed by atoms with Crippen molar-refractivity contribution >= 4 is 18.3 Å². The maximum atomic E-state index is 12.2. The van der Waals surface area contributed by atoms with Crippen LogP contribution >= 0.6 is 12.4 Å². The summed E-state index contributed by atoms with van der Waals surface area (Å²) in [4.78, 5) is 14.6. The quantitative estimate of drug-likeness (QED) is 0.782. The molecule has 1 atom stereocenters. The number of carbonyl (C=O) groups excluding carboxylic acids is 1. The van der Waals surface area contributed by atoms with E-state index < -0.39 is 0 Å². The van der Waals surface area contributed by atoms with Crippen LogP contribution in [0.25, 0.3) is 0 Å². The molecule has 4 nitrogen and oxygen atoms in total. The maximum absolute atomic E-state index is 12.2. The van der Waals surface area contributed by atoms with Gasteiger partial charge in [0.15, 0.2) is 0 Å². The molecule has 1 amide bonds. The van der Waals surface area contributed by atoms with Crippen molar-refractivity contribution in [3.8, 4) is 0 Å². The summed E-state index contributed by atoms with van der Waals surface area (Å²) in [5.41, 5.74) is 0.475. The highest BCUT2D eigenvalue weighted by atomic mass is 35.5. The van der Waals surface area contributed by atoms with E-state index in [0.717, 1.165) is 26.2 Å². The molecule has 1 saturated carbocycles. The van der Waals surface area contributed by atoms with Crippen LogP contribution in [0.15, 0.2) is 0 Å². The van der Waals surface area contributed by atoms with Gasteiger partial charge in [-0.1, -0.05) is 25.7 Å². The number of carbonyl (C=O) groups is 1. The number of amides is 1. The van der Waals surface area contributed by atoms with Crippen molar-refractivity contribution in [2.24, 2.45) is 5.41 Å². The maximum Gasteiger partial charge on any atom is 0.234 e. The largest absolute Gasteiger partial charge is 0.352 e. The first-order chi connectivity index (χ1) is 9.76. The van der Waals surface area contributed by atoms with E-state index in [1.807, 2.05) is 0 Å². The van der Waals surface area contributed by atoms with Gasteiger partial charge < -0.3 is 10.6 Å². The van der Waals surface area contributed by atoms with Gasteiger partial charge in [-0.25, -0.2) is 0 Å².